The first-order valence-corrected chi connectivity index (χ1v) is 12.0. The Morgan fingerprint density at radius 2 is 1.67 bits per heavy atom. The van der Waals surface area contributed by atoms with Crippen LogP contribution in [-0.2, 0) is 14.6 Å². The number of hydrogen-bond donors (Lipinski definition) is 2. The van der Waals surface area contributed by atoms with Gasteiger partial charge >= 0.3 is 0 Å². The smallest absolute Gasteiger partial charge is 0.269 e. The number of sulfonamides is 1. The van der Waals surface area contributed by atoms with Gasteiger partial charge in [-0.15, -0.1) is 11.3 Å². The summed E-state index contributed by atoms with van der Waals surface area (Å²) >= 11 is 0.939. The number of nitrogens with one attached hydrogen (secondary N) is 1. The van der Waals surface area contributed by atoms with E-state index in [0.717, 1.165) is 35.6 Å². The van der Waals surface area contributed by atoms with E-state index in [2.05, 4.69) is 4.72 Å². The second kappa shape index (κ2) is 9.47. The van der Waals surface area contributed by atoms with E-state index in [1.807, 2.05) is 0 Å². The molecule has 0 radical (unpaired) electrons. The van der Waals surface area contributed by atoms with Crippen LogP contribution in [0.2, 0.25) is 0 Å². The lowest BCUT2D eigenvalue weighted by molar-refractivity contribution is -0.384. The molecule has 2 aromatic carbocycles. The van der Waals surface area contributed by atoms with E-state index in [-0.39, 0.29) is 27.4 Å². The van der Waals surface area contributed by atoms with E-state index < -0.39 is 28.3 Å². The highest BCUT2D eigenvalue weighted by molar-refractivity contribution is 7.91. The van der Waals surface area contributed by atoms with Crippen molar-refractivity contribution in [2.75, 3.05) is 0 Å². The van der Waals surface area contributed by atoms with Gasteiger partial charge in [0.2, 0.25) is 7.60 Å². The first kappa shape index (κ1) is 23.7. The lowest BCUT2D eigenvalue weighted by Crippen LogP contribution is -2.32. The molecule has 1 heterocycles. The van der Waals surface area contributed by atoms with Crippen LogP contribution in [0.5, 0.6) is 5.75 Å². The summed E-state index contributed by atoms with van der Waals surface area (Å²) in [7, 11) is -9.02. The van der Waals surface area contributed by atoms with Gasteiger partial charge in [-0.25, -0.2) is 8.42 Å². The molecule has 0 aliphatic carbocycles. The number of benzene rings is 2. The molecule has 0 aliphatic rings. The van der Waals surface area contributed by atoms with Crippen LogP contribution in [0.1, 0.15) is 11.3 Å². The van der Waals surface area contributed by atoms with E-state index in [1.54, 1.807) is 23.6 Å². The molecule has 160 valence electrons. The maximum absolute atomic E-state index is 12.9. The van der Waals surface area contributed by atoms with E-state index >= 15 is 0 Å². The topological polar surface area (TPSA) is 175 Å². The van der Waals surface area contributed by atoms with Gasteiger partial charge in [0, 0.05) is 12.1 Å². The van der Waals surface area contributed by atoms with Crippen LogP contribution in [0.25, 0.3) is 0 Å². The second-order valence-corrected chi connectivity index (χ2v) is 10.4. The minimum atomic E-state index is -4.89. The van der Waals surface area contributed by atoms with Crippen molar-refractivity contribution in [3.05, 3.63) is 87.8 Å². The summed E-state index contributed by atoms with van der Waals surface area (Å²) in [5.74, 6) is -1.88. The van der Waals surface area contributed by atoms with Crippen LogP contribution in [0.4, 0.5) is 5.69 Å². The van der Waals surface area contributed by atoms with Crippen molar-refractivity contribution < 1.29 is 27.3 Å². The summed E-state index contributed by atoms with van der Waals surface area (Å²) in [6.07, 6.45) is 0. The molecule has 1 aromatic heterocycles. The monoisotopic (exact) mass is 471 g/mol. The molecule has 10 nitrogen and oxygen atoms in total. The molecule has 2 atom stereocenters. The number of hydrogen-bond acceptors (Lipinski definition) is 8. The Morgan fingerprint density at radius 1 is 1.03 bits per heavy atom. The largest absolute Gasteiger partial charge is 0.768 e. The molecule has 0 saturated heterocycles. The number of rotatable bonds is 8. The van der Waals surface area contributed by atoms with E-state index in [0.29, 0.717) is 0 Å². The number of thiophene rings is 1. The molecule has 5 N–H and O–H groups in total. The Hall–Kier alpha value is -2.60. The van der Waals surface area contributed by atoms with Crippen molar-refractivity contribution in [3.8, 4) is 5.75 Å². The summed E-state index contributed by atoms with van der Waals surface area (Å²) in [5, 5.41) is 12.3. The van der Waals surface area contributed by atoms with Crippen molar-refractivity contribution in [2.45, 2.75) is 9.99 Å². The Labute approximate surface area is 176 Å². The minimum absolute atomic E-state index is 0. The number of quaternary nitrogens is 1. The SMILES string of the molecule is O=[N+]([O-])c1ccc(OP(=O)([O-])C(NS(=O)(=O)c2cccs2)c2ccccc2)cc1.[NH4+]. The van der Waals surface area contributed by atoms with Crippen LogP contribution < -0.4 is 20.3 Å². The van der Waals surface area contributed by atoms with Crippen LogP contribution in [-0.4, -0.2) is 13.3 Å². The summed E-state index contributed by atoms with van der Waals surface area (Å²) in [6, 6.07) is 15.0. The van der Waals surface area contributed by atoms with Crippen LogP contribution in [0.3, 0.4) is 0 Å². The third kappa shape index (κ3) is 5.51. The average Bonchev–Trinajstić information content (AvgIpc) is 3.23. The lowest BCUT2D eigenvalue weighted by atomic mass is 10.2. The van der Waals surface area contributed by atoms with Crippen LogP contribution >= 0.6 is 18.9 Å². The zero-order valence-corrected chi connectivity index (χ0v) is 18.1. The fourth-order valence-electron chi connectivity index (χ4n) is 2.40. The Kier molecular flexibility index (Phi) is 7.48. The predicted molar refractivity (Wildman–Crippen MR) is 111 cm³/mol. The fraction of sp³-hybridized carbons (Fsp3) is 0.0588. The summed E-state index contributed by atoms with van der Waals surface area (Å²) in [4.78, 5) is 23.0. The highest BCUT2D eigenvalue weighted by Gasteiger charge is 2.32. The molecule has 3 aromatic rings. The standard InChI is InChI=1S/C17H15N2O7PS2.H3N/c20-19(21)14-8-10-15(11-9-14)26-27(22,23)17(13-5-2-1-3-6-13)18-29(24,25)16-7-4-12-28-16;/h1-12,17-18H,(H,22,23);1H3. The van der Waals surface area contributed by atoms with Gasteiger partial charge in [-0.05, 0) is 29.1 Å². The molecule has 0 spiro atoms. The van der Waals surface area contributed by atoms with Gasteiger partial charge in [0.1, 0.15) is 15.7 Å². The number of nitrogens with zero attached hydrogens (tertiary/aromatic N) is 1. The Balaban J connectivity index is 0.00000320. The quantitative estimate of drug-likeness (QED) is 0.286. The van der Waals surface area contributed by atoms with E-state index in [1.165, 1.54) is 24.3 Å². The zero-order chi connectivity index (χ0) is 21.1. The lowest BCUT2D eigenvalue weighted by Gasteiger charge is -2.32. The fourth-order valence-corrected chi connectivity index (χ4v) is 6.46. The minimum Gasteiger partial charge on any atom is -0.768 e. The molecule has 0 bridgehead atoms. The number of nitro benzene ring substituents is 1. The van der Waals surface area contributed by atoms with Crippen LogP contribution in [0.15, 0.2) is 76.3 Å². The second-order valence-electron chi connectivity index (χ2n) is 5.75. The van der Waals surface area contributed by atoms with E-state index in [4.69, 9.17) is 4.52 Å². The van der Waals surface area contributed by atoms with Gasteiger partial charge in [-0.1, -0.05) is 36.4 Å². The first-order chi connectivity index (χ1) is 13.7. The van der Waals surface area contributed by atoms with Gasteiger partial charge in [0.05, 0.1) is 4.92 Å². The third-order valence-corrected chi connectivity index (χ3v) is 8.26. The Bertz CT molecular complexity index is 1140. The van der Waals surface area contributed by atoms with E-state index in [9.17, 15) is 28.0 Å². The molecule has 13 heteroatoms. The zero-order valence-electron chi connectivity index (χ0n) is 15.6. The van der Waals surface area contributed by atoms with Crippen molar-refractivity contribution in [2.24, 2.45) is 0 Å². The molecule has 0 saturated carbocycles. The molecule has 3 rings (SSSR count). The molecular weight excluding hydrogens is 453 g/mol. The summed E-state index contributed by atoms with van der Waals surface area (Å²) < 4.78 is 45.3. The maximum Gasteiger partial charge on any atom is 0.269 e. The van der Waals surface area contributed by atoms with Crippen molar-refractivity contribution in [1.82, 2.24) is 10.9 Å². The molecule has 30 heavy (non-hydrogen) atoms. The van der Waals surface area contributed by atoms with Crippen LogP contribution in [0, 0.1) is 10.1 Å². The van der Waals surface area contributed by atoms with Gasteiger partial charge in [0.25, 0.3) is 15.7 Å². The van der Waals surface area contributed by atoms with Gasteiger partial charge in [-0.2, -0.15) is 4.72 Å². The molecule has 0 amide bonds. The third-order valence-electron chi connectivity index (χ3n) is 3.74. The number of nitro groups is 1. The van der Waals surface area contributed by atoms with Crippen molar-refractivity contribution >= 4 is 34.6 Å². The summed E-state index contributed by atoms with van der Waals surface area (Å²) in [5.41, 5.74) is -0.0797. The first-order valence-electron chi connectivity index (χ1n) is 8.04. The normalized spacial score (nSPS) is 14.2. The molecule has 0 aliphatic heterocycles. The molecular formula is C17H18N3O7PS2. The van der Waals surface area contributed by atoms with Gasteiger partial charge < -0.3 is 15.6 Å². The predicted octanol–water partition coefficient (Wildman–Crippen LogP) is 3.64. The Morgan fingerprint density at radius 3 is 2.20 bits per heavy atom. The highest BCUT2D eigenvalue weighted by atomic mass is 32.2. The number of non-ortho nitro benzene ring substituents is 1. The van der Waals surface area contributed by atoms with Crippen molar-refractivity contribution in [1.29, 1.82) is 0 Å². The summed E-state index contributed by atoms with van der Waals surface area (Å²) in [6.45, 7) is 0. The maximum atomic E-state index is 12.9. The molecule has 0 fully saturated rings. The average molecular weight is 471 g/mol. The molecule has 2 unspecified atom stereocenters. The van der Waals surface area contributed by atoms with Gasteiger partial charge in [0.15, 0.2) is 0 Å². The van der Waals surface area contributed by atoms with Gasteiger partial charge in [-0.3, -0.25) is 14.7 Å². The highest BCUT2D eigenvalue weighted by Crippen LogP contribution is 2.51. The van der Waals surface area contributed by atoms with Crippen molar-refractivity contribution in [3.63, 3.8) is 0 Å².